The molecule has 124 valence electrons. The summed E-state index contributed by atoms with van der Waals surface area (Å²) >= 11 is 0. The third kappa shape index (κ3) is 7.64. The minimum absolute atomic E-state index is 0. The van der Waals surface area contributed by atoms with E-state index in [1.807, 2.05) is 30.3 Å². The van der Waals surface area contributed by atoms with Gasteiger partial charge in [0.1, 0.15) is 5.75 Å². The Hall–Kier alpha value is -1.30. The zero-order valence-electron chi connectivity index (χ0n) is 12.9. The summed E-state index contributed by atoms with van der Waals surface area (Å²) in [6.45, 7) is 6.48. The molecule has 0 atom stereocenters. The van der Waals surface area contributed by atoms with E-state index >= 15 is 0 Å². The third-order valence-corrected chi connectivity index (χ3v) is 3.52. The summed E-state index contributed by atoms with van der Waals surface area (Å²) in [7, 11) is 0. The number of ether oxygens (including phenoxy) is 1. The Kier molecular flexibility index (Phi) is 9.62. The fourth-order valence-electron chi connectivity index (χ4n) is 2.32. The number of para-hydroxylation sites is 1. The molecule has 6 heteroatoms. The van der Waals surface area contributed by atoms with E-state index in [-0.39, 0.29) is 18.3 Å². The van der Waals surface area contributed by atoms with Crippen molar-refractivity contribution in [3.05, 3.63) is 30.3 Å². The molecule has 1 saturated heterocycles. The lowest BCUT2D eigenvalue weighted by molar-refractivity contribution is -0.121. The van der Waals surface area contributed by atoms with Gasteiger partial charge in [0.25, 0.3) is 0 Å². The van der Waals surface area contributed by atoms with Crippen LogP contribution in [0.15, 0.2) is 30.3 Å². The Morgan fingerprint density at radius 1 is 1.23 bits per heavy atom. The monoisotopic (exact) mass is 327 g/mol. The van der Waals surface area contributed by atoms with Gasteiger partial charge in [-0.2, -0.15) is 0 Å². The third-order valence-electron chi connectivity index (χ3n) is 3.52. The van der Waals surface area contributed by atoms with E-state index in [1.54, 1.807) is 0 Å². The number of carbonyl (C=O) groups is 1. The van der Waals surface area contributed by atoms with Gasteiger partial charge in [-0.25, -0.2) is 0 Å². The van der Waals surface area contributed by atoms with Crippen LogP contribution in [-0.2, 0) is 4.79 Å². The molecule has 0 unspecified atom stereocenters. The van der Waals surface area contributed by atoms with Crippen LogP contribution in [0, 0.1) is 0 Å². The molecule has 0 saturated carbocycles. The highest BCUT2D eigenvalue weighted by Gasteiger charge is 2.09. The van der Waals surface area contributed by atoms with Gasteiger partial charge in [0.15, 0.2) is 0 Å². The van der Waals surface area contributed by atoms with Crippen molar-refractivity contribution < 1.29 is 9.53 Å². The smallest absolute Gasteiger partial charge is 0.220 e. The number of rotatable bonds is 8. The summed E-state index contributed by atoms with van der Waals surface area (Å²) in [5.41, 5.74) is 0. The highest BCUT2D eigenvalue weighted by molar-refractivity contribution is 5.85. The van der Waals surface area contributed by atoms with Crippen LogP contribution in [0.4, 0.5) is 0 Å². The summed E-state index contributed by atoms with van der Waals surface area (Å²) < 4.78 is 5.56. The maximum absolute atomic E-state index is 11.7. The maximum atomic E-state index is 11.7. The van der Waals surface area contributed by atoms with Gasteiger partial charge in [-0.05, 0) is 18.6 Å². The number of carbonyl (C=O) groups excluding carboxylic acids is 1. The average Bonchev–Trinajstić information content (AvgIpc) is 2.54. The number of amides is 1. The lowest BCUT2D eigenvalue weighted by Crippen LogP contribution is -2.46. The molecular weight excluding hydrogens is 302 g/mol. The van der Waals surface area contributed by atoms with Crippen molar-refractivity contribution in [3.8, 4) is 5.75 Å². The van der Waals surface area contributed by atoms with Crippen LogP contribution in [0.1, 0.15) is 12.8 Å². The Morgan fingerprint density at radius 3 is 2.68 bits per heavy atom. The molecule has 1 heterocycles. The summed E-state index contributed by atoms with van der Waals surface area (Å²) in [6.07, 6.45) is 1.27. The van der Waals surface area contributed by atoms with Crippen molar-refractivity contribution in [2.45, 2.75) is 12.8 Å². The second-order valence-corrected chi connectivity index (χ2v) is 5.21. The van der Waals surface area contributed by atoms with Gasteiger partial charge in [0, 0.05) is 45.7 Å². The zero-order chi connectivity index (χ0) is 14.8. The van der Waals surface area contributed by atoms with Crippen LogP contribution in [0.5, 0.6) is 5.75 Å². The van der Waals surface area contributed by atoms with Gasteiger partial charge in [-0.15, -0.1) is 12.4 Å². The minimum Gasteiger partial charge on any atom is -0.494 e. The highest BCUT2D eigenvalue weighted by atomic mass is 35.5. The van der Waals surface area contributed by atoms with Gasteiger partial charge >= 0.3 is 0 Å². The molecule has 2 N–H and O–H groups in total. The van der Waals surface area contributed by atoms with Gasteiger partial charge < -0.3 is 15.4 Å². The number of halogens is 1. The van der Waals surface area contributed by atoms with E-state index in [9.17, 15) is 4.79 Å². The van der Waals surface area contributed by atoms with Crippen LogP contribution in [-0.4, -0.2) is 56.7 Å². The van der Waals surface area contributed by atoms with Crippen LogP contribution < -0.4 is 15.4 Å². The number of benzene rings is 1. The Bertz CT molecular complexity index is 411. The van der Waals surface area contributed by atoms with E-state index in [0.29, 0.717) is 13.0 Å². The SMILES string of the molecule is Cl.O=C(CCCOc1ccccc1)NCCN1CCNCC1. The molecule has 0 spiro atoms. The topological polar surface area (TPSA) is 53.6 Å². The van der Waals surface area contributed by atoms with E-state index < -0.39 is 0 Å². The number of hydrogen-bond donors (Lipinski definition) is 2. The van der Waals surface area contributed by atoms with Crippen molar-refractivity contribution in [2.24, 2.45) is 0 Å². The predicted octanol–water partition coefficient (Wildman–Crippen LogP) is 1.29. The molecule has 1 aliphatic rings. The quantitative estimate of drug-likeness (QED) is 0.706. The first kappa shape index (κ1) is 18.7. The molecule has 1 fully saturated rings. The highest BCUT2D eigenvalue weighted by Crippen LogP contribution is 2.08. The van der Waals surface area contributed by atoms with Crippen LogP contribution in [0.3, 0.4) is 0 Å². The van der Waals surface area contributed by atoms with Gasteiger partial charge in [0.2, 0.25) is 5.91 Å². The molecule has 0 aliphatic carbocycles. The summed E-state index contributed by atoms with van der Waals surface area (Å²) in [5.74, 6) is 0.971. The molecule has 0 bridgehead atoms. The zero-order valence-corrected chi connectivity index (χ0v) is 13.7. The van der Waals surface area contributed by atoms with Crippen molar-refractivity contribution in [3.63, 3.8) is 0 Å². The average molecular weight is 328 g/mol. The van der Waals surface area contributed by atoms with E-state index in [4.69, 9.17) is 4.74 Å². The predicted molar refractivity (Wildman–Crippen MR) is 90.7 cm³/mol. The first-order chi connectivity index (χ1) is 10.3. The fraction of sp³-hybridized carbons (Fsp3) is 0.562. The summed E-state index contributed by atoms with van der Waals surface area (Å²) in [5, 5.41) is 6.29. The van der Waals surface area contributed by atoms with Gasteiger partial charge in [-0.3, -0.25) is 9.69 Å². The van der Waals surface area contributed by atoms with Gasteiger partial charge in [-0.1, -0.05) is 18.2 Å². The van der Waals surface area contributed by atoms with Crippen LogP contribution in [0.2, 0.25) is 0 Å². The van der Waals surface area contributed by atoms with E-state index in [1.165, 1.54) is 0 Å². The number of hydrogen-bond acceptors (Lipinski definition) is 4. The number of nitrogens with zero attached hydrogens (tertiary/aromatic N) is 1. The van der Waals surface area contributed by atoms with Gasteiger partial charge in [0.05, 0.1) is 6.61 Å². The van der Waals surface area contributed by atoms with Crippen molar-refractivity contribution >= 4 is 18.3 Å². The molecule has 1 aliphatic heterocycles. The summed E-state index contributed by atoms with van der Waals surface area (Å²) in [6, 6.07) is 9.69. The van der Waals surface area contributed by atoms with E-state index in [2.05, 4.69) is 15.5 Å². The molecule has 22 heavy (non-hydrogen) atoms. The fourth-order valence-corrected chi connectivity index (χ4v) is 2.32. The number of nitrogens with one attached hydrogen (secondary N) is 2. The van der Waals surface area contributed by atoms with Crippen molar-refractivity contribution in [1.29, 1.82) is 0 Å². The second kappa shape index (κ2) is 11.3. The molecule has 1 aromatic rings. The lowest BCUT2D eigenvalue weighted by Gasteiger charge is -2.27. The lowest BCUT2D eigenvalue weighted by atomic mass is 10.3. The minimum atomic E-state index is 0. The van der Waals surface area contributed by atoms with Crippen LogP contribution in [0.25, 0.3) is 0 Å². The molecular formula is C16H26ClN3O2. The molecule has 1 amide bonds. The molecule has 0 aromatic heterocycles. The first-order valence-corrected chi connectivity index (χ1v) is 7.72. The Morgan fingerprint density at radius 2 is 1.95 bits per heavy atom. The normalized spacial score (nSPS) is 14.9. The Labute approximate surface area is 138 Å². The first-order valence-electron chi connectivity index (χ1n) is 7.72. The molecule has 5 nitrogen and oxygen atoms in total. The van der Waals surface area contributed by atoms with Crippen LogP contribution >= 0.6 is 12.4 Å². The molecule has 0 radical (unpaired) electrons. The van der Waals surface area contributed by atoms with Crippen molar-refractivity contribution in [1.82, 2.24) is 15.5 Å². The summed E-state index contributed by atoms with van der Waals surface area (Å²) in [4.78, 5) is 14.1. The number of piperazine rings is 1. The maximum Gasteiger partial charge on any atom is 0.220 e. The van der Waals surface area contributed by atoms with Crippen molar-refractivity contribution in [2.75, 3.05) is 45.9 Å². The Balaban J connectivity index is 0.00000242. The standard InChI is InChI=1S/C16H25N3O2.ClH/c20-16(18-10-13-19-11-8-17-9-12-19)7-4-14-21-15-5-2-1-3-6-15;/h1-3,5-6,17H,4,7-14H2,(H,18,20);1H. The largest absolute Gasteiger partial charge is 0.494 e. The second-order valence-electron chi connectivity index (χ2n) is 5.21. The molecule has 2 rings (SSSR count). The molecule has 1 aromatic carbocycles. The van der Waals surface area contributed by atoms with E-state index in [0.717, 1.165) is 51.4 Å².